The zero-order chi connectivity index (χ0) is 17.1. The number of rotatable bonds is 9. The molecule has 0 aromatic carbocycles. The van der Waals surface area contributed by atoms with Crippen LogP contribution in [-0.4, -0.2) is 64.2 Å². The number of aliphatic imine (C=N–C) groups is 1. The monoisotopic (exact) mass is 326 g/mol. The molecule has 1 aliphatic rings. The largest absolute Gasteiger partial charge is 0.385 e. The van der Waals surface area contributed by atoms with Crippen LogP contribution in [0.1, 0.15) is 45.4 Å². The zero-order valence-corrected chi connectivity index (χ0v) is 15.3. The summed E-state index contributed by atoms with van der Waals surface area (Å²) in [6, 6.07) is 0. The molecule has 1 aliphatic carbocycles. The Labute approximate surface area is 141 Å². The molecule has 0 spiro atoms. The van der Waals surface area contributed by atoms with Crippen LogP contribution in [0.2, 0.25) is 0 Å². The predicted octanol–water partition coefficient (Wildman–Crippen LogP) is 1.62. The van der Waals surface area contributed by atoms with Gasteiger partial charge in [0.25, 0.3) is 0 Å². The van der Waals surface area contributed by atoms with Crippen molar-refractivity contribution in [1.82, 2.24) is 15.5 Å². The van der Waals surface area contributed by atoms with Gasteiger partial charge in [0, 0.05) is 40.9 Å². The van der Waals surface area contributed by atoms with E-state index in [9.17, 15) is 4.79 Å². The molecule has 0 radical (unpaired) electrons. The SMILES string of the molecule is CCCNC(=NCC(=O)N(C)C)NCC1(CCOC)CCCC1. The van der Waals surface area contributed by atoms with Gasteiger partial charge in [-0.3, -0.25) is 4.79 Å². The number of likely N-dealkylation sites (N-methyl/N-ethyl adjacent to an activating group) is 1. The standard InChI is InChI=1S/C17H34N4O2/c1-5-11-18-16(19-13-15(22)21(2)3)20-14-17(10-12-23-4)8-6-7-9-17/h5-14H2,1-4H3,(H2,18,19,20). The van der Waals surface area contributed by atoms with E-state index in [0.29, 0.717) is 5.41 Å². The van der Waals surface area contributed by atoms with E-state index in [1.54, 1.807) is 26.1 Å². The molecule has 0 aliphatic heterocycles. The van der Waals surface area contributed by atoms with Gasteiger partial charge in [0.15, 0.2) is 5.96 Å². The fourth-order valence-corrected chi connectivity index (χ4v) is 2.94. The Hall–Kier alpha value is -1.30. The van der Waals surface area contributed by atoms with Gasteiger partial charge in [-0.05, 0) is 31.1 Å². The highest BCUT2D eigenvalue weighted by Crippen LogP contribution is 2.40. The van der Waals surface area contributed by atoms with Crippen molar-refractivity contribution < 1.29 is 9.53 Å². The van der Waals surface area contributed by atoms with Gasteiger partial charge in [0.2, 0.25) is 5.91 Å². The molecule has 0 saturated heterocycles. The summed E-state index contributed by atoms with van der Waals surface area (Å²) in [6.45, 7) is 4.84. The first-order valence-corrected chi connectivity index (χ1v) is 8.74. The molecule has 6 nitrogen and oxygen atoms in total. The highest BCUT2D eigenvalue weighted by molar-refractivity contribution is 5.84. The number of amides is 1. The first kappa shape index (κ1) is 19.7. The fourth-order valence-electron chi connectivity index (χ4n) is 2.94. The molecular weight excluding hydrogens is 292 g/mol. The Morgan fingerprint density at radius 3 is 2.52 bits per heavy atom. The summed E-state index contributed by atoms with van der Waals surface area (Å²) in [5.41, 5.74) is 0.302. The van der Waals surface area contributed by atoms with Crippen LogP contribution in [0.3, 0.4) is 0 Å². The summed E-state index contributed by atoms with van der Waals surface area (Å²) in [5.74, 6) is 0.753. The van der Waals surface area contributed by atoms with Gasteiger partial charge in [0.05, 0.1) is 0 Å². The second-order valence-corrected chi connectivity index (χ2v) is 6.68. The Kier molecular flexibility index (Phi) is 8.99. The third-order valence-corrected chi connectivity index (χ3v) is 4.55. The lowest BCUT2D eigenvalue weighted by atomic mass is 9.83. The molecule has 1 amide bonds. The average Bonchev–Trinajstić information content (AvgIpc) is 3.01. The summed E-state index contributed by atoms with van der Waals surface area (Å²) in [5, 5.41) is 6.75. The van der Waals surface area contributed by atoms with Crippen molar-refractivity contribution in [3.63, 3.8) is 0 Å². The Morgan fingerprint density at radius 2 is 1.96 bits per heavy atom. The molecule has 0 bridgehead atoms. The number of nitrogens with zero attached hydrogens (tertiary/aromatic N) is 2. The van der Waals surface area contributed by atoms with Crippen LogP contribution < -0.4 is 10.6 Å². The number of hydrogen-bond acceptors (Lipinski definition) is 3. The molecule has 23 heavy (non-hydrogen) atoms. The van der Waals surface area contributed by atoms with E-state index in [0.717, 1.165) is 38.5 Å². The van der Waals surface area contributed by atoms with Crippen molar-refractivity contribution in [2.24, 2.45) is 10.4 Å². The summed E-state index contributed by atoms with van der Waals surface area (Å²) < 4.78 is 5.28. The third kappa shape index (κ3) is 7.20. The average molecular weight is 326 g/mol. The second-order valence-electron chi connectivity index (χ2n) is 6.68. The normalized spacial score (nSPS) is 17.1. The van der Waals surface area contributed by atoms with Gasteiger partial charge in [0.1, 0.15) is 6.54 Å². The van der Waals surface area contributed by atoms with Gasteiger partial charge in [-0.1, -0.05) is 19.8 Å². The molecule has 1 rings (SSSR count). The van der Waals surface area contributed by atoms with Crippen molar-refractivity contribution in [2.75, 3.05) is 47.4 Å². The minimum Gasteiger partial charge on any atom is -0.385 e. The Morgan fingerprint density at radius 1 is 1.26 bits per heavy atom. The lowest BCUT2D eigenvalue weighted by Crippen LogP contribution is -2.44. The van der Waals surface area contributed by atoms with E-state index in [2.05, 4.69) is 22.5 Å². The van der Waals surface area contributed by atoms with Crippen LogP contribution in [0.4, 0.5) is 0 Å². The molecule has 0 heterocycles. The molecule has 0 unspecified atom stereocenters. The molecule has 2 N–H and O–H groups in total. The number of carbonyl (C=O) groups excluding carboxylic acids is 1. The van der Waals surface area contributed by atoms with Crippen LogP contribution in [0.5, 0.6) is 0 Å². The van der Waals surface area contributed by atoms with E-state index in [4.69, 9.17) is 4.74 Å². The highest BCUT2D eigenvalue weighted by Gasteiger charge is 2.33. The Bertz CT molecular complexity index is 377. The van der Waals surface area contributed by atoms with Crippen LogP contribution in [0.25, 0.3) is 0 Å². The fraction of sp³-hybridized carbons (Fsp3) is 0.882. The first-order chi connectivity index (χ1) is 11.0. The molecule has 0 aromatic heterocycles. The van der Waals surface area contributed by atoms with Crippen molar-refractivity contribution in [2.45, 2.75) is 45.4 Å². The molecule has 6 heteroatoms. The molecule has 0 atom stereocenters. The van der Waals surface area contributed by atoms with Gasteiger partial charge in [-0.2, -0.15) is 0 Å². The maximum Gasteiger partial charge on any atom is 0.243 e. The number of methoxy groups -OCH3 is 1. The van der Waals surface area contributed by atoms with E-state index in [1.165, 1.54) is 25.7 Å². The molecule has 1 saturated carbocycles. The third-order valence-electron chi connectivity index (χ3n) is 4.55. The summed E-state index contributed by atoms with van der Waals surface area (Å²) in [7, 11) is 5.27. The second kappa shape index (κ2) is 10.5. The van der Waals surface area contributed by atoms with Crippen molar-refractivity contribution >= 4 is 11.9 Å². The minimum absolute atomic E-state index is 0.0116. The number of nitrogens with one attached hydrogen (secondary N) is 2. The topological polar surface area (TPSA) is 66.0 Å². The number of hydrogen-bond donors (Lipinski definition) is 2. The smallest absolute Gasteiger partial charge is 0.243 e. The maximum atomic E-state index is 11.7. The van der Waals surface area contributed by atoms with Crippen molar-refractivity contribution in [3.05, 3.63) is 0 Å². The molecular formula is C17H34N4O2. The van der Waals surface area contributed by atoms with Crippen molar-refractivity contribution in [1.29, 1.82) is 0 Å². The van der Waals surface area contributed by atoms with Gasteiger partial charge in [-0.25, -0.2) is 4.99 Å². The number of ether oxygens (including phenoxy) is 1. The van der Waals surface area contributed by atoms with Crippen LogP contribution in [0, 0.1) is 5.41 Å². The first-order valence-electron chi connectivity index (χ1n) is 8.74. The zero-order valence-electron chi connectivity index (χ0n) is 15.3. The van der Waals surface area contributed by atoms with E-state index < -0.39 is 0 Å². The molecule has 134 valence electrons. The summed E-state index contributed by atoms with van der Waals surface area (Å²) in [4.78, 5) is 17.7. The number of carbonyl (C=O) groups is 1. The van der Waals surface area contributed by atoms with E-state index in [-0.39, 0.29) is 12.5 Å². The van der Waals surface area contributed by atoms with Gasteiger partial charge >= 0.3 is 0 Å². The highest BCUT2D eigenvalue weighted by atomic mass is 16.5. The lowest BCUT2D eigenvalue weighted by Gasteiger charge is -2.30. The van der Waals surface area contributed by atoms with Crippen LogP contribution in [0.15, 0.2) is 4.99 Å². The summed E-state index contributed by atoms with van der Waals surface area (Å²) in [6.07, 6.45) is 7.16. The van der Waals surface area contributed by atoms with Crippen LogP contribution in [-0.2, 0) is 9.53 Å². The Balaban J connectivity index is 2.60. The number of guanidine groups is 1. The van der Waals surface area contributed by atoms with E-state index in [1.807, 2.05) is 0 Å². The predicted molar refractivity (Wildman–Crippen MR) is 94.7 cm³/mol. The summed E-state index contributed by atoms with van der Waals surface area (Å²) >= 11 is 0. The van der Waals surface area contributed by atoms with E-state index >= 15 is 0 Å². The van der Waals surface area contributed by atoms with Crippen LogP contribution >= 0.6 is 0 Å². The van der Waals surface area contributed by atoms with Gasteiger partial charge < -0.3 is 20.3 Å². The molecule has 1 fully saturated rings. The quantitative estimate of drug-likeness (QED) is 0.499. The molecule has 0 aromatic rings. The van der Waals surface area contributed by atoms with Gasteiger partial charge in [-0.15, -0.1) is 0 Å². The van der Waals surface area contributed by atoms with Crippen molar-refractivity contribution in [3.8, 4) is 0 Å². The maximum absolute atomic E-state index is 11.7. The lowest BCUT2D eigenvalue weighted by molar-refractivity contribution is -0.127. The minimum atomic E-state index is 0.0116.